The standard InChI is InChI=1S/C20H16N4O3S/c1-12-21-22-20(28-2)24(12)23-18(25)15-8-5-7-13(10-15)16-11-14-6-3-4-9-17(14)27-19(16)26/h3-11H,1-2H3,(H,23,25). The maximum absolute atomic E-state index is 12.7. The highest BCUT2D eigenvalue weighted by Gasteiger charge is 2.14. The van der Waals surface area contributed by atoms with Crippen LogP contribution in [-0.2, 0) is 0 Å². The van der Waals surface area contributed by atoms with E-state index >= 15 is 0 Å². The third-order valence-corrected chi connectivity index (χ3v) is 4.90. The minimum absolute atomic E-state index is 0.328. The van der Waals surface area contributed by atoms with Gasteiger partial charge in [-0.05, 0) is 43.0 Å². The Labute approximate surface area is 164 Å². The van der Waals surface area contributed by atoms with E-state index in [1.807, 2.05) is 24.5 Å². The number of aryl methyl sites for hydroxylation is 1. The molecule has 2 aromatic heterocycles. The molecule has 7 nitrogen and oxygen atoms in total. The molecular weight excluding hydrogens is 376 g/mol. The fraction of sp³-hybridized carbons (Fsp3) is 0.100. The molecule has 2 aromatic carbocycles. The molecule has 0 aliphatic carbocycles. The van der Waals surface area contributed by atoms with Crippen molar-refractivity contribution in [1.29, 1.82) is 0 Å². The third kappa shape index (κ3) is 3.29. The number of amides is 1. The number of benzene rings is 2. The van der Waals surface area contributed by atoms with E-state index in [9.17, 15) is 9.59 Å². The summed E-state index contributed by atoms with van der Waals surface area (Å²) in [6, 6.07) is 15.9. The summed E-state index contributed by atoms with van der Waals surface area (Å²) in [5.74, 6) is 0.245. The number of para-hydroxylation sites is 1. The zero-order valence-corrected chi connectivity index (χ0v) is 16.0. The number of carbonyl (C=O) groups is 1. The molecule has 28 heavy (non-hydrogen) atoms. The first-order chi connectivity index (χ1) is 13.6. The van der Waals surface area contributed by atoms with E-state index in [0.717, 1.165) is 5.39 Å². The number of fused-ring (bicyclic) bond motifs is 1. The highest BCUT2D eigenvalue weighted by atomic mass is 32.2. The maximum Gasteiger partial charge on any atom is 0.344 e. The van der Waals surface area contributed by atoms with Gasteiger partial charge < -0.3 is 4.42 Å². The SMILES string of the molecule is CSc1nnc(C)n1NC(=O)c1cccc(-c2cc3ccccc3oc2=O)c1. The van der Waals surface area contributed by atoms with Crippen molar-refractivity contribution in [2.24, 2.45) is 0 Å². The van der Waals surface area contributed by atoms with E-state index in [-0.39, 0.29) is 5.91 Å². The Balaban J connectivity index is 1.70. The molecule has 0 radical (unpaired) electrons. The molecular formula is C20H16N4O3S. The molecule has 140 valence electrons. The second kappa shape index (κ2) is 7.32. The number of nitrogens with zero attached hydrogens (tertiary/aromatic N) is 3. The lowest BCUT2D eigenvalue weighted by Gasteiger charge is -2.10. The van der Waals surface area contributed by atoms with Gasteiger partial charge in [0.1, 0.15) is 11.4 Å². The summed E-state index contributed by atoms with van der Waals surface area (Å²) in [5.41, 5.74) is 4.27. The summed E-state index contributed by atoms with van der Waals surface area (Å²) in [4.78, 5) is 25.1. The Bertz CT molecular complexity index is 1250. The van der Waals surface area contributed by atoms with Crippen molar-refractivity contribution in [3.63, 3.8) is 0 Å². The molecule has 8 heteroatoms. The van der Waals surface area contributed by atoms with Crippen molar-refractivity contribution in [2.45, 2.75) is 12.1 Å². The first-order valence-corrected chi connectivity index (χ1v) is 9.70. The van der Waals surface area contributed by atoms with Crippen molar-refractivity contribution in [2.75, 3.05) is 11.7 Å². The van der Waals surface area contributed by atoms with Crippen molar-refractivity contribution < 1.29 is 9.21 Å². The van der Waals surface area contributed by atoms with Gasteiger partial charge in [0.15, 0.2) is 0 Å². The fourth-order valence-electron chi connectivity index (χ4n) is 2.86. The lowest BCUT2D eigenvalue weighted by molar-refractivity contribution is 0.101. The number of nitrogens with one attached hydrogen (secondary N) is 1. The lowest BCUT2D eigenvalue weighted by atomic mass is 10.0. The van der Waals surface area contributed by atoms with Crippen LogP contribution in [0.15, 0.2) is 69.0 Å². The summed E-state index contributed by atoms with van der Waals surface area (Å²) >= 11 is 1.38. The van der Waals surface area contributed by atoms with E-state index in [2.05, 4.69) is 15.6 Å². The molecule has 0 saturated heterocycles. The average Bonchev–Trinajstić information content (AvgIpc) is 3.07. The van der Waals surface area contributed by atoms with Crippen molar-refractivity contribution in [1.82, 2.24) is 14.9 Å². The molecule has 0 bridgehead atoms. The summed E-state index contributed by atoms with van der Waals surface area (Å²) in [6.45, 7) is 1.75. The van der Waals surface area contributed by atoms with Gasteiger partial charge in [-0.25, -0.2) is 9.47 Å². The lowest BCUT2D eigenvalue weighted by Crippen LogP contribution is -2.24. The van der Waals surface area contributed by atoms with E-state index in [1.54, 1.807) is 43.3 Å². The minimum Gasteiger partial charge on any atom is -0.422 e. The van der Waals surface area contributed by atoms with Crippen LogP contribution in [-0.4, -0.2) is 27.0 Å². The van der Waals surface area contributed by atoms with E-state index in [0.29, 0.717) is 33.3 Å². The number of rotatable bonds is 4. The van der Waals surface area contributed by atoms with Gasteiger partial charge in [-0.15, -0.1) is 10.2 Å². The van der Waals surface area contributed by atoms with Crippen molar-refractivity contribution in [3.8, 4) is 11.1 Å². The largest absolute Gasteiger partial charge is 0.422 e. The van der Waals surface area contributed by atoms with Gasteiger partial charge in [0.2, 0.25) is 5.16 Å². The molecule has 1 N–H and O–H groups in total. The van der Waals surface area contributed by atoms with Gasteiger partial charge in [0, 0.05) is 10.9 Å². The molecule has 1 amide bonds. The van der Waals surface area contributed by atoms with Crippen LogP contribution in [0.4, 0.5) is 0 Å². The molecule has 0 fully saturated rings. The first kappa shape index (κ1) is 18.0. The van der Waals surface area contributed by atoms with Crippen molar-refractivity contribution in [3.05, 3.63) is 76.4 Å². The predicted molar refractivity (Wildman–Crippen MR) is 108 cm³/mol. The summed E-state index contributed by atoms with van der Waals surface area (Å²) in [5, 5.41) is 9.35. The maximum atomic E-state index is 12.7. The predicted octanol–water partition coefficient (Wildman–Crippen LogP) is 3.47. The second-order valence-corrected chi connectivity index (χ2v) is 6.85. The molecule has 0 aliphatic rings. The Hall–Kier alpha value is -3.39. The molecule has 4 aromatic rings. The molecule has 0 unspecified atom stereocenters. The van der Waals surface area contributed by atoms with E-state index < -0.39 is 5.63 Å². The first-order valence-electron chi connectivity index (χ1n) is 8.47. The number of thioether (sulfide) groups is 1. The normalized spacial score (nSPS) is 10.9. The second-order valence-electron chi connectivity index (χ2n) is 6.08. The van der Waals surface area contributed by atoms with Crippen LogP contribution < -0.4 is 11.1 Å². The molecule has 0 spiro atoms. The van der Waals surface area contributed by atoms with Crippen LogP contribution in [0.3, 0.4) is 0 Å². The van der Waals surface area contributed by atoms with Crippen LogP contribution >= 0.6 is 11.8 Å². The van der Waals surface area contributed by atoms with Gasteiger partial charge >= 0.3 is 5.63 Å². The topological polar surface area (TPSA) is 90.0 Å². The summed E-state index contributed by atoms with van der Waals surface area (Å²) in [6.07, 6.45) is 1.85. The van der Waals surface area contributed by atoms with Crippen LogP contribution in [0, 0.1) is 6.92 Å². The van der Waals surface area contributed by atoms with Gasteiger partial charge in [0.25, 0.3) is 5.91 Å². The Morgan fingerprint density at radius 3 is 2.75 bits per heavy atom. The van der Waals surface area contributed by atoms with Crippen LogP contribution in [0.2, 0.25) is 0 Å². The molecule has 0 aliphatic heterocycles. The van der Waals surface area contributed by atoms with Gasteiger partial charge in [-0.3, -0.25) is 10.2 Å². The number of aromatic nitrogens is 3. The van der Waals surface area contributed by atoms with Gasteiger partial charge in [0.05, 0.1) is 5.56 Å². The van der Waals surface area contributed by atoms with E-state index in [4.69, 9.17) is 4.42 Å². The quantitative estimate of drug-likeness (QED) is 0.422. The Morgan fingerprint density at radius 2 is 1.93 bits per heavy atom. The third-order valence-electron chi connectivity index (χ3n) is 4.27. The van der Waals surface area contributed by atoms with Crippen LogP contribution in [0.5, 0.6) is 0 Å². The van der Waals surface area contributed by atoms with Crippen LogP contribution in [0.25, 0.3) is 22.1 Å². The number of carbonyl (C=O) groups excluding carboxylic acids is 1. The Morgan fingerprint density at radius 1 is 1.11 bits per heavy atom. The summed E-state index contributed by atoms with van der Waals surface area (Å²) < 4.78 is 6.93. The molecule has 2 heterocycles. The monoisotopic (exact) mass is 392 g/mol. The summed E-state index contributed by atoms with van der Waals surface area (Å²) in [7, 11) is 0. The number of hydrogen-bond acceptors (Lipinski definition) is 6. The molecule has 0 saturated carbocycles. The number of hydrogen-bond donors (Lipinski definition) is 1. The Kier molecular flexibility index (Phi) is 4.70. The van der Waals surface area contributed by atoms with Crippen LogP contribution in [0.1, 0.15) is 16.2 Å². The zero-order valence-electron chi connectivity index (χ0n) is 15.2. The smallest absolute Gasteiger partial charge is 0.344 e. The van der Waals surface area contributed by atoms with Gasteiger partial charge in [-0.1, -0.05) is 42.1 Å². The fourth-order valence-corrected chi connectivity index (χ4v) is 3.34. The molecule has 4 rings (SSSR count). The zero-order chi connectivity index (χ0) is 19.7. The highest BCUT2D eigenvalue weighted by molar-refractivity contribution is 7.98. The highest BCUT2D eigenvalue weighted by Crippen LogP contribution is 2.22. The molecule has 0 atom stereocenters. The van der Waals surface area contributed by atoms with Crippen molar-refractivity contribution >= 4 is 28.6 Å². The average molecular weight is 392 g/mol. The minimum atomic E-state index is -0.449. The van der Waals surface area contributed by atoms with Gasteiger partial charge in [-0.2, -0.15) is 0 Å². The van der Waals surface area contributed by atoms with E-state index in [1.165, 1.54) is 16.4 Å².